The van der Waals surface area contributed by atoms with E-state index in [0.29, 0.717) is 40.1 Å². The fourth-order valence-electron chi connectivity index (χ4n) is 4.94. The maximum atomic E-state index is 15.6. The van der Waals surface area contributed by atoms with Crippen LogP contribution in [-0.2, 0) is 0 Å². The molecular formula is C28H33Cl2FN2O2S. The predicted molar refractivity (Wildman–Crippen MR) is 148 cm³/mol. The molecule has 1 aliphatic rings. The lowest BCUT2D eigenvalue weighted by atomic mass is 9.74. The van der Waals surface area contributed by atoms with Gasteiger partial charge in [0.05, 0.1) is 17.6 Å². The van der Waals surface area contributed by atoms with Gasteiger partial charge >= 0.3 is 0 Å². The molecule has 1 aliphatic heterocycles. The Balaban J connectivity index is 1.29. The largest absolute Gasteiger partial charge is 0.497 e. The number of hydrogen-bond donors (Lipinski definition) is 1. The number of aromatic nitrogens is 1. The van der Waals surface area contributed by atoms with E-state index in [1.54, 1.807) is 13.2 Å². The first-order valence-corrected chi connectivity index (χ1v) is 14.1. The molecular weight excluding hydrogens is 518 g/mol. The van der Waals surface area contributed by atoms with E-state index in [1.807, 2.05) is 36.0 Å². The number of likely N-dealkylation sites (tertiary alicyclic amines) is 1. The normalized spacial score (nSPS) is 16.8. The summed E-state index contributed by atoms with van der Waals surface area (Å²) < 4.78 is 20.9. The molecule has 1 aromatic heterocycles. The molecule has 8 heteroatoms. The van der Waals surface area contributed by atoms with Crippen LogP contribution in [0.5, 0.6) is 5.75 Å². The van der Waals surface area contributed by atoms with E-state index in [1.165, 1.54) is 11.1 Å². The van der Waals surface area contributed by atoms with Crippen LogP contribution in [0.15, 0.2) is 53.6 Å². The number of aliphatic hydroxyl groups is 1. The highest BCUT2D eigenvalue weighted by molar-refractivity contribution is 7.99. The minimum atomic E-state index is -1.23. The molecule has 0 aliphatic carbocycles. The molecule has 0 unspecified atom stereocenters. The second kappa shape index (κ2) is 12.8. The lowest BCUT2D eigenvalue weighted by Gasteiger charge is -2.41. The molecule has 0 saturated carbocycles. The van der Waals surface area contributed by atoms with Crippen molar-refractivity contribution < 1.29 is 14.2 Å². The van der Waals surface area contributed by atoms with E-state index < -0.39 is 6.17 Å². The predicted octanol–water partition coefficient (Wildman–Crippen LogP) is 7.60. The molecule has 1 fully saturated rings. The van der Waals surface area contributed by atoms with Crippen LogP contribution in [0.1, 0.15) is 43.8 Å². The first-order chi connectivity index (χ1) is 17.4. The molecule has 3 aromatic rings. The summed E-state index contributed by atoms with van der Waals surface area (Å²) in [4.78, 5) is 8.03. The maximum Gasteiger partial charge on any atom is 0.127 e. The third-order valence-corrected chi connectivity index (χ3v) is 8.91. The van der Waals surface area contributed by atoms with Crippen molar-refractivity contribution in [2.45, 2.75) is 43.2 Å². The molecule has 1 N–H and O–H groups in total. The maximum absolute atomic E-state index is 15.6. The number of methoxy groups -OCH3 is 1. The smallest absolute Gasteiger partial charge is 0.127 e. The second-order valence-corrected chi connectivity index (χ2v) is 11.6. The minimum absolute atomic E-state index is 0.0820. The molecule has 0 bridgehead atoms. The van der Waals surface area contributed by atoms with Gasteiger partial charge in [0.15, 0.2) is 0 Å². The summed E-state index contributed by atoms with van der Waals surface area (Å²) in [6.45, 7) is 2.98. The second-order valence-electron chi connectivity index (χ2n) is 9.56. The van der Waals surface area contributed by atoms with Crippen LogP contribution in [0, 0.1) is 5.41 Å². The van der Waals surface area contributed by atoms with Gasteiger partial charge < -0.3 is 14.7 Å². The zero-order chi connectivity index (χ0) is 25.5. The van der Waals surface area contributed by atoms with E-state index in [0.717, 1.165) is 49.7 Å². The Morgan fingerprint density at radius 1 is 1.17 bits per heavy atom. The van der Waals surface area contributed by atoms with Gasteiger partial charge in [-0.15, -0.1) is 11.8 Å². The van der Waals surface area contributed by atoms with E-state index >= 15 is 4.39 Å². The molecule has 0 amide bonds. The number of hydrogen-bond acceptors (Lipinski definition) is 5. The average molecular weight is 552 g/mol. The molecule has 0 radical (unpaired) electrons. The van der Waals surface area contributed by atoms with Crippen molar-refractivity contribution >= 4 is 45.9 Å². The van der Waals surface area contributed by atoms with Crippen LogP contribution < -0.4 is 4.74 Å². The van der Waals surface area contributed by atoms with Gasteiger partial charge in [0.1, 0.15) is 11.9 Å². The number of fused-ring (bicyclic) bond motifs is 1. The van der Waals surface area contributed by atoms with Crippen LogP contribution in [0.4, 0.5) is 4.39 Å². The molecule has 0 spiro atoms. The minimum Gasteiger partial charge on any atom is -0.497 e. The van der Waals surface area contributed by atoms with Crippen molar-refractivity contribution in [1.82, 2.24) is 9.88 Å². The van der Waals surface area contributed by atoms with E-state index in [4.69, 9.17) is 27.9 Å². The van der Waals surface area contributed by atoms with Gasteiger partial charge in [0.25, 0.3) is 0 Å². The SMILES string of the molecule is COc1ccc2ncc(Cl)c([C@@H](F)CCC3(CO)CCN(CCCSc4ccc(Cl)cc4)CC3)c2c1. The number of aliphatic hydroxyl groups excluding tert-OH is 1. The number of piperidine rings is 1. The lowest BCUT2D eigenvalue weighted by Crippen LogP contribution is -2.42. The van der Waals surface area contributed by atoms with Gasteiger partial charge in [-0.3, -0.25) is 4.98 Å². The molecule has 4 nitrogen and oxygen atoms in total. The van der Waals surface area contributed by atoms with Crippen LogP contribution in [-0.4, -0.2) is 54.1 Å². The summed E-state index contributed by atoms with van der Waals surface area (Å²) in [5.74, 6) is 1.70. The standard InChI is InChI=1S/C28H33Cl2FN2O2S/c1-35-21-5-8-26-23(17-21)27(24(30)18-32-26)25(31)9-10-28(19-34)11-14-33(15-12-28)13-2-16-36-22-6-3-20(29)4-7-22/h3-8,17-18,25,34H,2,9-16,19H2,1H3/t25-/m0/s1. The third kappa shape index (κ3) is 6.84. The summed E-state index contributed by atoms with van der Waals surface area (Å²) in [5, 5.41) is 12.0. The quantitative estimate of drug-likeness (QED) is 0.196. The summed E-state index contributed by atoms with van der Waals surface area (Å²) in [5.41, 5.74) is 0.910. The average Bonchev–Trinajstić information content (AvgIpc) is 2.91. The topological polar surface area (TPSA) is 45.6 Å². The van der Waals surface area contributed by atoms with Gasteiger partial charge in [-0.05, 0) is 105 Å². The number of ether oxygens (including phenoxy) is 1. The molecule has 36 heavy (non-hydrogen) atoms. The Kier molecular flexibility index (Phi) is 9.76. The third-order valence-electron chi connectivity index (χ3n) is 7.26. The summed E-state index contributed by atoms with van der Waals surface area (Å²) in [6.07, 6.45) is 4.07. The Labute approximate surface area is 227 Å². The number of benzene rings is 2. The van der Waals surface area contributed by atoms with Crippen molar-refractivity contribution in [2.24, 2.45) is 5.41 Å². The van der Waals surface area contributed by atoms with E-state index in [2.05, 4.69) is 22.0 Å². The van der Waals surface area contributed by atoms with Crippen LogP contribution in [0.25, 0.3) is 10.9 Å². The fourth-order valence-corrected chi connectivity index (χ4v) is 6.17. The molecule has 2 heterocycles. The number of nitrogens with zero attached hydrogens (tertiary/aromatic N) is 2. The molecule has 4 rings (SSSR count). The Hall–Kier alpha value is -1.57. The molecule has 1 atom stereocenters. The monoisotopic (exact) mass is 550 g/mol. The van der Waals surface area contributed by atoms with E-state index in [-0.39, 0.29) is 12.0 Å². The van der Waals surface area contributed by atoms with Gasteiger partial charge in [0, 0.05) is 33.7 Å². The van der Waals surface area contributed by atoms with Crippen molar-refractivity contribution in [3.05, 3.63) is 64.3 Å². The number of pyridine rings is 1. The summed E-state index contributed by atoms with van der Waals surface area (Å²) >= 11 is 14.2. The highest BCUT2D eigenvalue weighted by atomic mass is 35.5. The van der Waals surface area contributed by atoms with Gasteiger partial charge in [-0.25, -0.2) is 4.39 Å². The van der Waals surface area contributed by atoms with Gasteiger partial charge in [-0.2, -0.15) is 0 Å². The first kappa shape index (κ1) is 27.5. The first-order valence-electron chi connectivity index (χ1n) is 12.4. The number of alkyl halides is 1. The zero-order valence-corrected chi connectivity index (χ0v) is 22.9. The van der Waals surface area contributed by atoms with Crippen molar-refractivity contribution in [3.63, 3.8) is 0 Å². The Morgan fingerprint density at radius 2 is 1.92 bits per heavy atom. The summed E-state index contributed by atoms with van der Waals surface area (Å²) in [7, 11) is 1.58. The lowest BCUT2D eigenvalue weighted by molar-refractivity contribution is 0.0304. The van der Waals surface area contributed by atoms with Crippen LogP contribution in [0.2, 0.25) is 10.0 Å². The van der Waals surface area contributed by atoms with Crippen molar-refractivity contribution in [2.75, 3.05) is 39.1 Å². The number of halogens is 3. The van der Waals surface area contributed by atoms with Crippen molar-refractivity contribution in [1.29, 1.82) is 0 Å². The molecule has 194 valence electrons. The number of thioether (sulfide) groups is 1. The number of rotatable bonds is 11. The van der Waals surface area contributed by atoms with Gasteiger partial charge in [0.2, 0.25) is 0 Å². The summed E-state index contributed by atoms with van der Waals surface area (Å²) in [6, 6.07) is 13.4. The molecule has 2 aromatic carbocycles. The van der Waals surface area contributed by atoms with Crippen molar-refractivity contribution in [3.8, 4) is 5.75 Å². The highest BCUT2D eigenvalue weighted by Crippen LogP contribution is 2.42. The zero-order valence-electron chi connectivity index (χ0n) is 20.6. The Bertz CT molecular complexity index is 1140. The highest BCUT2D eigenvalue weighted by Gasteiger charge is 2.35. The van der Waals surface area contributed by atoms with E-state index in [9.17, 15) is 5.11 Å². The Morgan fingerprint density at radius 3 is 2.61 bits per heavy atom. The van der Waals surface area contributed by atoms with Crippen LogP contribution in [0.3, 0.4) is 0 Å². The molecule has 1 saturated heterocycles. The van der Waals surface area contributed by atoms with Gasteiger partial charge in [-0.1, -0.05) is 23.2 Å². The fraction of sp³-hybridized carbons (Fsp3) is 0.464. The van der Waals surface area contributed by atoms with Crippen LogP contribution >= 0.6 is 35.0 Å².